The fourth-order valence-corrected chi connectivity index (χ4v) is 3.23. The average molecular weight is 400 g/mol. The van der Waals surface area contributed by atoms with Crippen LogP contribution >= 0.6 is 0 Å². The quantitative estimate of drug-likeness (QED) is 0.436. The summed E-state index contributed by atoms with van der Waals surface area (Å²) in [6.07, 6.45) is 1.70. The number of ketones is 2. The van der Waals surface area contributed by atoms with Crippen LogP contribution in [0.25, 0.3) is 6.08 Å². The molecule has 1 aliphatic rings. The summed E-state index contributed by atoms with van der Waals surface area (Å²) < 4.78 is 16.7. The van der Waals surface area contributed by atoms with Gasteiger partial charge in [-0.1, -0.05) is 42.5 Å². The van der Waals surface area contributed by atoms with Gasteiger partial charge in [-0.25, -0.2) is 0 Å². The van der Waals surface area contributed by atoms with Crippen molar-refractivity contribution in [2.45, 2.75) is 6.92 Å². The molecule has 3 aromatic rings. The predicted octanol–water partition coefficient (Wildman–Crippen LogP) is 4.88. The van der Waals surface area contributed by atoms with Gasteiger partial charge in [0.05, 0.1) is 12.7 Å². The maximum absolute atomic E-state index is 12.7. The second kappa shape index (κ2) is 8.25. The summed E-state index contributed by atoms with van der Waals surface area (Å²) in [7, 11) is 1.60. The maximum Gasteiger partial charge on any atom is 0.231 e. The number of ether oxygens (including phenoxy) is 3. The number of hydrogen-bond donors (Lipinski definition) is 0. The number of methoxy groups -OCH3 is 1. The zero-order valence-electron chi connectivity index (χ0n) is 16.7. The van der Waals surface area contributed by atoms with Crippen LogP contribution in [0.15, 0.2) is 72.5 Å². The minimum absolute atomic E-state index is 0.0911. The van der Waals surface area contributed by atoms with Crippen LogP contribution < -0.4 is 14.2 Å². The number of allylic oxidation sites excluding steroid dienone is 1. The van der Waals surface area contributed by atoms with Gasteiger partial charge in [-0.2, -0.15) is 0 Å². The molecule has 150 valence electrons. The molecule has 0 N–H and O–H groups in total. The molecule has 5 heteroatoms. The number of benzene rings is 3. The molecular formula is C25H20O5. The van der Waals surface area contributed by atoms with Crippen molar-refractivity contribution in [1.29, 1.82) is 0 Å². The fraction of sp³-hybridized carbons (Fsp3) is 0.120. The molecule has 0 saturated carbocycles. The van der Waals surface area contributed by atoms with Gasteiger partial charge in [-0.05, 0) is 42.8 Å². The van der Waals surface area contributed by atoms with Crippen molar-refractivity contribution in [1.82, 2.24) is 0 Å². The first-order chi connectivity index (χ1) is 14.6. The number of hydrogen-bond acceptors (Lipinski definition) is 5. The molecule has 0 spiro atoms. The monoisotopic (exact) mass is 400 g/mol. The van der Waals surface area contributed by atoms with Crippen molar-refractivity contribution >= 4 is 17.6 Å². The van der Waals surface area contributed by atoms with Gasteiger partial charge in [0.2, 0.25) is 5.78 Å². The van der Waals surface area contributed by atoms with E-state index in [0.717, 1.165) is 11.3 Å². The summed E-state index contributed by atoms with van der Waals surface area (Å²) in [5.41, 5.74) is 2.58. The van der Waals surface area contributed by atoms with Crippen LogP contribution in [-0.4, -0.2) is 25.3 Å². The number of Topliss-reactive ketones (excluding diaryl/α,β-unsaturated/α-hetero) is 2. The van der Waals surface area contributed by atoms with E-state index in [2.05, 4.69) is 0 Å². The Bertz CT molecular complexity index is 1130. The van der Waals surface area contributed by atoms with E-state index >= 15 is 0 Å². The SMILES string of the molecule is COc1ccc(/C=C2\Oc3c(ccc(OCC(=O)c4ccccc4)c3C)C2=O)cc1. The standard InChI is InChI=1S/C25H20O5/c1-16-22(29-15-21(26)18-6-4-3-5-7-18)13-12-20-24(27)23(30-25(16)20)14-17-8-10-19(28-2)11-9-17/h3-14H,15H2,1-2H3/b23-14-. The molecule has 5 nitrogen and oxygen atoms in total. The van der Waals surface area contributed by atoms with E-state index in [0.29, 0.717) is 28.2 Å². The number of carbonyl (C=O) groups is 2. The van der Waals surface area contributed by atoms with E-state index in [4.69, 9.17) is 14.2 Å². The third kappa shape index (κ3) is 3.82. The Balaban J connectivity index is 1.52. The van der Waals surface area contributed by atoms with E-state index < -0.39 is 0 Å². The van der Waals surface area contributed by atoms with Crippen molar-refractivity contribution in [3.63, 3.8) is 0 Å². The van der Waals surface area contributed by atoms with Crippen molar-refractivity contribution in [2.75, 3.05) is 13.7 Å². The Kier molecular flexibility index (Phi) is 5.35. The molecule has 0 aliphatic carbocycles. The molecule has 0 radical (unpaired) electrons. The predicted molar refractivity (Wildman–Crippen MR) is 113 cm³/mol. The van der Waals surface area contributed by atoms with Gasteiger partial charge in [0.25, 0.3) is 0 Å². The van der Waals surface area contributed by atoms with Crippen molar-refractivity contribution < 1.29 is 23.8 Å². The van der Waals surface area contributed by atoms with E-state index in [-0.39, 0.29) is 23.9 Å². The Labute approximate surface area is 174 Å². The van der Waals surface area contributed by atoms with Gasteiger partial charge in [-0.3, -0.25) is 9.59 Å². The van der Waals surface area contributed by atoms with Crippen LogP contribution in [0.3, 0.4) is 0 Å². The maximum atomic E-state index is 12.7. The van der Waals surface area contributed by atoms with Crippen LogP contribution in [0, 0.1) is 6.92 Å². The largest absolute Gasteiger partial charge is 0.497 e. The molecule has 0 saturated heterocycles. The highest BCUT2D eigenvalue weighted by Crippen LogP contribution is 2.39. The summed E-state index contributed by atoms with van der Waals surface area (Å²) in [6, 6.07) is 19.7. The molecule has 0 fully saturated rings. The minimum atomic E-state index is -0.184. The molecule has 0 amide bonds. The topological polar surface area (TPSA) is 61.8 Å². The number of fused-ring (bicyclic) bond motifs is 1. The van der Waals surface area contributed by atoms with Gasteiger partial charge in [-0.15, -0.1) is 0 Å². The van der Waals surface area contributed by atoms with Gasteiger partial charge < -0.3 is 14.2 Å². The molecule has 0 atom stereocenters. The van der Waals surface area contributed by atoms with Gasteiger partial charge in [0.1, 0.15) is 17.2 Å². The summed E-state index contributed by atoms with van der Waals surface area (Å²) in [4.78, 5) is 25.0. The zero-order valence-corrected chi connectivity index (χ0v) is 16.7. The van der Waals surface area contributed by atoms with Crippen molar-refractivity contribution in [3.05, 3.63) is 94.7 Å². The third-order valence-corrected chi connectivity index (χ3v) is 4.90. The Morgan fingerprint density at radius 2 is 1.73 bits per heavy atom. The van der Waals surface area contributed by atoms with Crippen LogP contribution in [0.5, 0.6) is 17.2 Å². The van der Waals surface area contributed by atoms with Crippen molar-refractivity contribution in [3.8, 4) is 17.2 Å². The summed E-state index contributed by atoms with van der Waals surface area (Å²) >= 11 is 0. The summed E-state index contributed by atoms with van der Waals surface area (Å²) in [6.45, 7) is 1.72. The molecule has 0 unspecified atom stereocenters. The van der Waals surface area contributed by atoms with Crippen LogP contribution in [0.4, 0.5) is 0 Å². The molecule has 0 aromatic heterocycles. The lowest BCUT2D eigenvalue weighted by molar-refractivity contribution is 0.0920. The van der Waals surface area contributed by atoms with E-state index in [1.54, 1.807) is 37.5 Å². The molecule has 1 aliphatic heterocycles. The smallest absolute Gasteiger partial charge is 0.231 e. The van der Waals surface area contributed by atoms with Gasteiger partial charge in [0, 0.05) is 11.1 Å². The first-order valence-corrected chi connectivity index (χ1v) is 9.50. The lowest BCUT2D eigenvalue weighted by atomic mass is 10.1. The van der Waals surface area contributed by atoms with Crippen LogP contribution in [0.1, 0.15) is 31.8 Å². The normalized spacial score (nSPS) is 13.7. The van der Waals surface area contributed by atoms with Gasteiger partial charge in [0.15, 0.2) is 18.1 Å². The Hall–Kier alpha value is -3.86. The van der Waals surface area contributed by atoms with Crippen LogP contribution in [0.2, 0.25) is 0 Å². The molecule has 0 bridgehead atoms. The number of carbonyl (C=O) groups excluding carboxylic acids is 2. The second-order valence-electron chi connectivity index (χ2n) is 6.86. The first-order valence-electron chi connectivity index (χ1n) is 9.50. The van der Waals surface area contributed by atoms with E-state index in [9.17, 15) is 9.59 Å². The highest BCUT2D eigenvalue weighted by atomic mass is 16.5. The average Bonchev–Trinajstić information content (AvgIpc) is 3.10. The fourth-order valence-electron chi connectivity index (χ4n) is 3.23. The Morgan fingerprint density at radius 1 is 1.00 bits per heavy atom. The molecule has 30 heavy (non-hydrogen) atoms. The first kappa shape index (κ1) is 19.5. The second-order valence-corrected chi connectivity index (χ2v) is 6.86. The van der Waals surface area contributed by atoms with Crippen LogP contribution in [-0.2, 0) is 0 Å². The Morgan fingerprint density at radius 3 is 2.43 bits per heavy atom. The highest BCUT2D eigenvalue weighted by molar-refractivity contribution is 6.15. The molecule has 1 heterocycles. The summed E-state index contributed by atoms with van der Waals surface area (Å²) in [5.74, 6) is 1.65. The lowest BCUT2D eigenvalue weighted by Crippen LogP contribution is -2.12. The molecule has 3 aromatic carbocycles. The van der Waals surface area contributed by atoms with Gasteiger partial charge >= 0.3 is 0 Å². The minimum Gasteiger partial charge on any atom is -0.497 e. The third-order valence-electron chi connectivity index (χ3n) is 4.90. The van der Waals surface area contributed by atoms with E-state index in [1.807, 2.05) is 49.4 Å². The molecular weight excluding hydrogens is 380 g/mol. The zero-order chi connectivity index (χ0) is 21.1. The molecule has 4 rings (SSSR count). The lowest BCUT2D eigenvalue weighted by Gasteiger charge is -2.11. The van der Waals surface area contributed by atoms with E-state index in [1.165, 1.54) is 0 Å². The number of rotatable bonds is 6. The highest BCUT2D eigenvalue weighted by Gasteiger charge is 2.30. The van der Waals surface area contributed by atoms with Crippen molar-refractivity contribution in [2.24, 2.45) is 0 Å². The summed E-state index contributed by atoms with van der Waals surface area (Å²) in [5, 5.41) is 0.